The summed E-state index contributed by atoms with van der Waals surface area (Å²) in [4.78, 5) is 0. The van der Waals surface area contributed by atoms with Crippen LogP contribution in [-0.2, 0) is 16.8 Å². The first-order valence-electron chi connectivity index (χ1n) is 7.80. The maximum atomic E-state index is 6.35. The minimum atomic E-state index is -0.0157. The van der Waals surface area contributed by atoms with Crippen molar-refractivity contribution in [3.8, 4) is 0 Å². The Hall–Kier alpha value is -0.860. The molecule has 19 heavy (non-hydrogen) atoms. The predicted molar refractivity (Wildman–Crippen MR) is 78.3 cm³/mol. The summed E-state index contributed by atoms with van der Waals surface area (Å²) in [7, 11) is 0. The van der Waals surface area contributed by atoms with Crippen LogP contribution in [0.1, 0.15) is 50.2 Å². The maximum Gasteiger partial charge on any atom is 0.0948 e. The van der Waals surface area contributed by atoms with Crippen molar-refractivity contribution in [3.05, 3.63) is 35.4 Å². The Morgan fingerprint density at radius 2 is 2.21 bits per heavy atom. The van der Waals surface area contributed by atoms with Crippen LogP contribution in [0, 0.1) is 0 Å². The van der Waals surface area contributed by atoms with Crippen LogP contribution in [0.4, 0.5) is 0 Å². The summed E-state index contributed by atoms with van der Waals surface area (Å²) < 4.78 is 6.35. The summed E-state index contributed by atoms with van der Waals surface area (Å²) in [6.45, 7) is 4.15. The quantitative estimate of drug-likeness (QED) is 0.879. The van der Waals surface area contributed by atoms with Gasteiger partial charge in [-0.15, -0.1) is 0 Å². The summed E-state index contributed by atoms with van der Waals surface area (Å²) >= 11 is 0. The van der Waals surface area contributed by atoms with Crippen molar-refractivity contribution in [2.24, 2.45) is 0 Å². The summed E-state index contributed by atoms with van der Waals surface area (Å²) in [5.41, 5.74) is 2.96. The van der Waals surface area contributed by atoms with Gasteiger partial charge in [0.1, 0.15) is 0 Å². The lowest BCUT2D eigenvalue weighted by molar-refractivity contribution is -0.0997. The molecule has 3 rings (SSSR count). The predicted octanol–water partition coefficient (Wildman–Crippen LogP) is 3.40. The summed E-state index contributed by atoms with van der Waals surface area (Å²) in [5, 5.41) is 3.63. The third kappa shape index (κ3) is 2.56. The largest absolute Gasteiger partial charge is 0.370 e. The molecule has 2 nitrogen and oxygen atoms in total. The van der Waals surface area contributed by atoms with Crippen molar-refractivity contribution >= 4 is 0 Å². The van der Waals surface area contributed by atoms with Crippen molar-refractivity contribution in [3.63, 3.8) is 0 Å². The molecule has 2 unspecified atom stereocenters. The molecule has 1 aliphatic heterocycles. The SMILES string of the molecule is CCNC1CCOC2(CCCCc3ccccc32)C1. The van der Waals surface area contributed by atoms with Gasteiger partial charge in [0.15, 0.2) is 0 Å². The van der Waals surface area contributed by atoms with Crippen molar-refractivity contribution in [1.82, 2.24) is 5.32 Å². The van der Waals surface area contributed by atoms with Crippen LogP contribution in [0.5, 0.6) is 0 Å². The normalized spacial score (nSPS) is 30.9. The van der Waals surface area contributed by atoms with E-state index in [1.165, 1.54) is 36.8 Å². The van der Waals surface area contributed by atoms with Gasteiger partial charge in [0.25, 0.3) is 0 Å². The summed E-state index contributed by atoms with van der Waals surface area (Å²) in [6.07, 6.45) is 7.27. The van der Waals surface area contributed by atoms with E-state index >= 15 is 0 Å². The molecule has 2 heteroatoms. The van der Waals surface area contributed by atoms with Crippen LogP contribution in [0.15, 0.2) is 24.3 Å². The first-order valence-corrected chi connectivity index (χ1v) is 7.80. The second-order valence-corrected chi connectivity index (χ2v) is 5.95. The van der Waals surface area contributed by atoms with Gasteiger partial charge in [-0.3, -0.25) is 0 Å². The van der Waals surface area contributed by atoms with Crippen LogP contribution in [0.2, 0.25) is 0 Å². The highest BCUT2D eigenvalue weighted by atomic mass is 16.5. The smallest absolute Gasteiger partial charge is 0.0948 e. The van der Waals surface area contributed by atoms with E-state index in [0.29, 0.717) is 6.04 Å². The molecule has 1 fully saturated rings. The summed E-state index contributed by atoms with van der Waals surface area (Å²) in [5.74, 6) is 0. The van der Waals surface area contributed by atoms with Gasteiger partial charge >= 0.3 is 0 Å². The van der Waals surface area contributed by atoms with E-state index in [-0.39, 0.29) is 5.60 Å². The molecule has 1 heterocycles. The molecule has 1 N–H and O–H groups in total. The third-order valence-corrected chi connectivity index (χ3v) is 4.70. The fraction of sp³-hybridized carbons (Fsp3) is 0.647. The number of fused-ring (bicyclic) bond motifs is 2. The Kier molecular flexibility index (Phi) is 3.90. The van der Waals surface area contributed by atoms with Crippen LogP contribution >= 0.6 is 0 Å². The minimum Gasteiger partial charge on any atom is -0.370 e. The molecule has 0 radical (unpaired) electrons. The number of hydrogen-bond acceptors (Lipinski definition) is 2. The Balaban J connectivity index is 1.93. The highest BCUT2D eigenvalue weighted by molar-refractivity contribution is 5.34. The average Bonchev–Trinajstić information content (AvgIpc) is 2.61. The second-order valence-electron chi connectivity index (χ2n) is 5.95. The van der Waals surface area contributed by atoms with Crippen molar-refractivity contribution < 1.29 is 4.74 Å². The Morgan fingerprint density at radius 3 is 3.11 bits per heavy atom. The minimum absolute atomic E-state index is 0.0157. The zero-order valence-corrected chi connectivity index (χ0v) is 12.0. The lowest BCUT2D eigenvalue weighted by Crippen LogP contribution is -2.45. The van der Waals surface area contributed by atoms with Gasteiger partial charge in [-0.2, -0.15) is 0 Å². The Bertz CT molecular complexity index is 429. The molecule has 2 atom stereocenters. The van der Waals surface area contributed by atoms with E-state index in [4.69, 9.17) is 4.74 Å². The van der Waals surface area contributed by atoms with E-state index in [0.717, 1.165) is 26.0 Å². The zero-order chi connectivity index (χ0) is 13.1. The van der Waals surface area contributed by atoms with Crippen molar-refractivity contribution in [2.45, 2.75) is 57.1 Å². The topological polar surface area (TPSA) is 21.3 Å². The molecular weight excluding hydrogens is 234 g/mol. The molecule has 1 aromatic carbocycles. The zero-order valence-electron chi connectivity index (χ0n) is 12.0. The maximum absolute atomic E-state index is 6.35. The highest BCUT2D eigenvalue weighted by Gasteiger charge is 2.40. The molecule has 104 valence electrons. The van der Waals surface area contributed by atoms with Gasteiger partial charge in [-0.05, 0) is 56.2 Å². The molecular formula is C17H25NO. The Labute approximate surface area is 116 Å². The molecule has 2 aliphatic rings. The van der Waals surface area contributed by atoms with E-state index in [2.05, 4.69) is 36.5 Å². The lowest BCUT2D eigenvalue weighted by Gasteiger charge is -2.42. The van der Waals surface area contributed by atoms with E-state index in [1.54, 1.807) is 0 Å². The number of ether oxygens (including phenoxy) is 1. The average molecular weight is 259 g/mol. The number of rotatable bonds is 2. The fourth-order valence-electron chi connectivity index (χ4n) is 3.82. The van der Waals surface area contributed by atoms with Gasteiger partial charge in [-0.25, -0.2) is 0 Å². The standard InChI is InChI=1S/C17H25NO/c1-2-18-15-10-12-19-17(13-15)11-6-5-8-14-7-3-4-9-16(14)17/h3-4,7,9,15,18H,2,5-6,8,10-13H2,1H3. The first kappa shape index (κ1) is 13.1. The number of nitrogens with one attached hydrogen (secondary N) is 1. The molecule has 1 spiro atoms. The molecule has 0 bridgehead atoms. The van der Waals surface area contributed by atoms with E-state index < -0.39 is 0 Å². The molecule has 0 saturated carbocycles. The van der Waals surface area contributed by atoms with Gasteiger partial charge in [0, 0.05) is 12.6 Å². The monoisotopic (exact) mass is 259 g/mol. The lowest BCUT2D eigenvalue weighted by atomic mass is 9.80. The van der Waals surface area contributed by atoms with E-state index in [9.17, 15) is 0 Å². The molecule has 0 aromatic heterocycles. The molecule has 1 saturated heterocycles. The molecule has 1 aromatic rings. The molecule has 1 aliphatic carbocycles. The second kappa shape index (κ2) is 5.64. The van der Waals surface area contributed by atoms with Crippen LogP contribution in [0.25, 0.3) is 0 Å². The Morgan fingerprint density at radius 1 is 1.32 bits per heavy atom. The van der Waals surface area contributed by atoms with Gasteiger partial charge in [0.2, 0.25) is 0 Å². The molecule has 0 amide bonds. The third-order valence-electron chi connectivity index (χ3n) is 4.70. The number of aryl methyl sites for hydroxylation is 1. The van der Waals surface area contributed by atoms with Crippen LogP contribution in [0.3, 0.4) is 0 Å². The summed E-state index contributed by atoms with van der Waals surface area (Å²) in [6, 6.07) is 9.55. The number of benzene rings is 1. The van der Waals surface area contributed by atoms with Crippen molar-refractivity contribution in [1.29, 1.82) is 0 Å². The number of hydrogen-bond donors (Lipinski definition) is 1. The van der Waals surface area contributed by atoms with Crippen molar-refractivity contribution in [2.75, 3.05) is 13.2 Å². The van der Waals surface area contributed by atoms with E-state index in [1.807, 2.05) is 0 Å². The van der Waals surface area contributed by atoms with Gasteiger partial charge < -0.3 is 10.1 Å². The highest BCUT2D eigenvalue weighted by Crippen LogP contribution is 2.43. The fourth-order valence-corrected chi connectivity index (χ4v) is 3.82. The van der Waals surface area contributed by atoms with Crippen LogP contribution < -0.4 is 5.32 Å². The van der Waals surface area contributed by atoms with Gasteiger partial charge in [-0.1, -0.05) is 31.2 Å². The first-order chi connectivity index (χ1) is 9.34. The van der Waals surface area contributed by atoms with Gasteiger partial charge in [0.05, 0.1) is 5.60 Å². The van der Waals surface area contributed by atoms with Crippen LogP contribution in [-0.4, -0.2) is 19.2 Å².